The Bertz CT molecular complexity index is 357. The minimum atomic E-state index is 0.630. The van der Waals surface area contributed by atoms with Gasteiger partial charge in [0.05, 0.1) is 0 Å². The molecule has 0 radical (unpaired) electrons. The van der Waals surface area contributed by atoms with Crippen LogP contribution in [0, 0.1) is 0 Å². The third kappa shape index (κ3) is 1.51. The lowest BCUT2D eigenvalue weighted by atomic mass is 9.95. The number of aromatic nitrogens is 1. The first-order valence-corrected chi connectivity index (χ1v) is 6.18. The highest BCUT2D eigenvalue weighted by Gasteiger charge is 2.29. The first kappa shape index (κ1) is 9.46. The van der Waals surface area contributed by atoms with Crippen molar-refractivity contribution >= 4 is 0 Å². The van der Waals surface area contributed by atoms with Crippen molar-refractivity contribution in [1.29, 1.82) is 0 Å². The number of piperidine rings is 1. The molecule has 15 heavy (non-hydrogen) atoms. The second-order valence-corrected chi connectivity index (χ2v) is 5.37. The van der Waals surface area contributed by atoms with E-state index in [0.717, 1.165) is 5.92 Å². The molecule has 0 aliphatic carbocycles. The minimum absolute atomic E-state index is 0.630. The molecule has 1 aromatic rings. The third-order valence-electron chi connectivity index (χ3n) is 3.97. The Balaban J connectivity index is 2.01. The zero-order chi connectivity index (χ0) is 10.4. The molecule has 0 aromatic carbocycles. The molecule has 4 rings (SSSR count). The molecule has 0 amide bonds. The molecule has 1 N–H and O–H groups in total. The van der Waals surface area contributed by atoms with Gasteiger partial charge in [-0.15, -0.1) is 0 Å². The van der Waals surface area contributed by atoms with E-state index in [1.54, 1.807) is 11.3 Å². The van der Waals surface area contributed by atoms with Gasteiger partial charge in [-0.25, -0.2) is 0 Å². The molecule has 0 spiro atoms. The van der Waals surface area contributed by atoms with Crippen molar-refractivity contribution in [3.63, 3.8) is 0 Å². The van der Waals surface area contributed by atoms with Gasteiger partial charge in [0.15, 0.2) is 0 Å². The van der Waals surface area contributed by atoms with E-state index in [2.05, 4.69) is 29.8 Å². The smallest absolute Gasteiger partial charge is 0.0251 e. The lowest BCUT2D eigenvalue weighted by molar-refractivity contribution is 0.219. The van der Waals surface area contributed by atoms with Crippen LogP contribution < -0.4 is 0 Å². The Morgan fingerprint density at radius 2 is 2.07 bits per heavy atom. The summed E-state index contributed by atoms with van der Waals surface area (Å²) in [6.07, 6.45) is 2.70. The summed E-state index contributed by atoms with van der Waals surface area (Å²) < 4.78 is 0. The predicted molar refractivity (Wildman–Crippen MR) is 62.1 cm³/mol. The number of H-pyrrole nitrogens is 1. The lowest BCUT2D eigenvalue weighted by Crippen LogP contribution is -2.29. The van der Waals surface area contributed by atoms with Crippen LogP contribution in [0.1, 0.15) is 55.5 Å². The first-order chi connectivity index (χ1) is 7.24. The largest absolute Gasteiger partial charge is 0.362 e. The number of rotatable bonds is 1. The first-order valence-electron chi connectivity index (χ1n) is 6.18. The monoisotopic (exact) mass is 204 g/mol. The van der Waals surface area contributed by atoms with Crippen molar-refractivity contribution in [3.05, 3.63) is 23.0 Å². The Kier molecular flexibility index (Phi) is 2.13. The van der Waals surface area contributed by atoms with Gasteiger partial charge >= 0.3 is 0 Å². The Morgan fingerprint density at radius 1 is 1.33 bits per heavy atom. The van der Waals surface area contributed by atoms with Crippen molar-refractivity contribution in [1.82, 2.24) is 9.88 Å². The molecule has 3 aliphatic rings. The van der Waals surface area contributed by atoms with Crippen molar-refractivity contribution in [2.45, 2.75) is 45.1 Å². The van der Waals surface area contributed by atoms with E-state index >= 15 is 0 Å². The van der Waals surface area contributed by atoms with Gasteiger partial charge in [-0.2, -0.15) is 0 Å². The summed E-state index contributed by atoms with van der Waals surface area (Å²) in [5, 5.41) is 0. The van der Waals surface area contributed by atoms with Gasteiger partial charge in [0.2, 0.25) is 0 Å². The van der Waals surface area contributed by atoms with Crippen LogP contribution in [0.15, 0.2) is 6.07 Å². The molecule has 0 unspecified atom stereocenters. The molecular weight excluding hydrogens is 184 g/mol. The average molecular weight is 204 g/mol. The van der Waals surface area contributed by atoms with Crippen LogP contribution in [-0.2, 0) is 6.54 Å². The molecular formula is C13H20N2. The summed E-state index contributed by atoms with van der Waals surface area (Å²) >= 11 is 0. The van der Waals surface area contributed by atoms with Crippen LogP contribution >= 0.6 is 0 Å². The van der Waals surface area contributed by atoms with E-state index in [1.165, 1.54) is 38.2 Å². The summed E-state index contributed by atoms with van der Waals surface area (Å²) in [5.41, 5.74) is 4.55. The van der Waals surface area contributed by atoms with Crippen LogP contribution in [0.25, 0.3) is 0 Å². The van der Waals surface area contributed by atoms with E-state index in [4.69, 9.17) is 0 Å². The molecule has 1 aromatic heterocycles. The predicted octanol–water partition coefficient (Wildman–Crippen LogP) is 2.83. The second kappa shape index (κ2) is 3.38. The zero-order valence-electron chi connectivity index (χ0n) is 9.71. The average Bonchev–Trinajstić information content (AvgIpc) is 2.51. The van der Waals surface area contributed by atoms with Crippen LogP contribution in [0.3, 0.4) is 0 Å². The van der Waals surface area contributed by atoms with Crippen LogP contribution in [-0.4, -0.2) is 23.0 Å². The van der Waals surface area contributed by atoms with Gasteiger partial charge < -0.3 is 4.98 Å². The highest BCUT2D eigenvalue weighted by Crippen LogP contribution is 2.36. The third-order valence-corrected chi connectivity index (χ3v) is 3.97. The standard InChI is InChI=1S/C13H20N2/c1-9(2)12-7-11-8-15-5-3-10(4-6-15)13(11)14-12/h7,9-10,14H,3-6,8H2,1-2H3. The number of nitrogens with one attached hydrogen (secondary N) is 1. The SMILES string of the molecule is CC(C)c1cc2c([nH]1)C1CCN(CC1)C2. The van der Waals surface area contributed by atoms with Gasteiger partial charge in [0.1, 0.15) is 0 Å². The van der Waals surface area contributed by atoms with E-state index < -0.39 is 0 Å². The van der Waals surface area contributed by atoms with E-state index in [0.29, 0.717) is 5.92 Å². The molecule has 2 heteroatoms. The topological polar surface area (TPSA) is 19.0 Å². The molecule has 2 bridgehead atoms. The fourth-order valence-electron chi connectivity index (χ4n) is 2.96. The lowest BCUT2D eigenvalue weighted by Gasteiger charge is -2.26. The van der Waals surface area contributed by atoms with Gasteiger partial charge in [0.25, 0.3) is 0 Å². The molecule has 1 fully saturated rings. The fourth-order valence-corrected chi connectivity index (χ4v) is 2.96. The van der Waals surface area contributed by atoms with Crippen molar-refractivity contribution in [3.8, 4) is 0 Å². The van der Waals surface area contributed by atoms with Crippen molar-refractivity contribution in [2.75, 3.05) is 13.1 Å². The molecule has 0 saturated carbocycles. The zero-order valence-corrected chi connectivity index (χ0v) is 9.71. The van der Waals surface area contributed by atoms with Crippen molar-refractivity contribution < 1.29 is 0 Å². The summed E-state index contributed by atoms with van der Waals surface area (Å²) in [5.74, 6) is 1.44. The summed E-state index contributed by atoms with van der Waals surface area (Å²) in [7, 11) is 0. The Morgan fingerprint density at radius 3 is 2.73 bits per heavy atom. The number of hydrogen-bond donors (Lipinski definition) is 1. The molecule has 3 aliphatic heterocycles. The second-order valence-electron chi connectivity index (χ2n) is 5.37. The minimum Gasteiger partial charge on any atom is -0.362 e. The molecule has 4 heterocycles. The van der Waals surface area contributed by atoms with Gasteiger partial charge in [-0.05, 0) is 43.5 Å². The quantitative estimate of drug-likeness (QED) is 0.745. The molecule has 82 valence electrons. The fraction of sp³-hybridized carbons (Fsp3) is 0.692. The van der Waals surface area contributed by atoms with Gasteiger partial charge in [-0.1, -0.05) is 13.8 Å². The molecule has 1 saturated heterocycles. The number of hydrogen-bond acceptors (Lipinski definition) is 1. The maximum absolute atomic E-state index is 3.67. The van der Waals surface area contributed by atoms with E-state index in [-0.39, 0.29) is 0 Å². The summed E-state index contributed by atoms with van der Waals surface area (Å²) in [6.45, 7) is 8.30. The van der Waals surface area contributed by atoms with Crippen LogP contribution in [0.4, 0.5) is 0 Å². The van der Waals surface area contributed by atoms with Crippen LogP contribution in [0.5, 0.6) is 0 Å². The number of nitrogens with zero attached hydrogens (tertiary/aromatic N) is 1. The molecule has 2 nitrogen and oxygen atoms in total. The van der Waals surface area contributed by atoms with Crippen LogP contribution in [0.2, 0.25) is 0 Å². The Hall–Kier alpha value is -0.760. The normalized spacial score (nSPS) is 29.3. The van der Waals surface area contributed by atoms with Gasteiger partial charge in [0, 0.05) is 23.9 Å². The maximum atomic E-state index is 3.67. The number of fused-ring (bicyclic) bond motifs is 2. The van der Waals surface area contributed by atoms with E-state index in [1.807, 2.05) is 0 Å². The van der Waals surface area contributed by atoms with Crippen molar-refractivity contribution in [2.24, 2.45) is 0 Å². The Labute approximate surface area is 91.7 Å². The summed E-state index contributed by atoms with van der Waals surface area (Å²) in [6, 6.07) is 2.40. The summed E-state index contributed by atoms with van der Waals surface area (Å²) in [4.78, 5) is 6.27. The highest BCUT2D eigenvalue weighted by molar-refractivity contribution is 5.32. The van der Waals surface area contributed by atoms with Gasteiger partial charge in [-0.3, -0.25) is 4.90 Å². The molecule has 0 atom stereocenters. The number of aromatic amines is 1. The van der Waals surface area contributed by atoms with E-state index in [9.17, 15) is 0 Å². The maximum Gasteiger partial charge on any atom is 0.0251 e. The highest BCUT2D eigenvalue weighted by atomic mass is 15.1.